The highest BCUT2D eigenvalue weighted by molar-refractivity contribution is 7.99. The van der Waals surface area contributed by atoms with Gasteiger partial charge < -0.3 is 19.1 Å². The molecule has 0 unspecified atom stereocenters. The van der Waals surface area contributed by atoms with E-state index in [1.165, 1.54) is 11.8 Å². The molecule has 1 aliphatic heterocycles. The molecule has 3 rings (SSSR count). The zero-order valence-corrected chi connectivity index (χ0v) is 17.0. The number of carbonyl (C=O) groups excluding carboxylic acids is 2. The van der Waals surface area contributed by atoms with Crippen molar-refractivity contribution in [2.24, 2.45) is 0 Å². The molecular weight excluding hydrogens is 378 g/mol. The van der Waals surface area contributed by atoms with Crippen molar-refractivity contribution in [2.75, 3.05) is 38.5 Å². The summed E-state index contributed by atoms with van der Waals surface area (Å²) in [6.07, 6.45) is -0.312. The lowest BCUT2D eigenvalue weighted by atomic mass is 10.2. The smallest absolute Gasteiger partial charge is 0.409 e. The lowest BCUT2D eigenvalue weighted by Crippen LogP contribution is -2.51. The molecule has 0 saturated carbocycles. The third-order valence-electron chi connectivity index (χ3n) is 4.57. The normalized spacial score (nSPS) is 14.2. The van der Waals surface area contributed by atoms with Crippen molar-refractivity contribution in [2.45, 2.75) is 25.5 Å². The minimum Gasteiger partial charge on any atom is -0.450 e. The first-order valence-electron chi connectivity index (χ1n) is 9.34. The van der Waals surface area contributed by atoms with Crippen LogP contribution in [0.4, 0.5) is 4.79 Å². The molecule has 9 heteroatoms. The van der Waals surface area contributed by atoms with Crippen molar-refractivity contribution < 1.29 is 14.3 Å². The Morgan fingerprint density at radius 3 is 2.43 bits per heavy atom. The Morgan fingerprint density at radius 2 is 1.75 bits per heavy atom. The van der Waals surface area contributed by atoms with Crippen LogP contribution in [-0.2, 0) is 16.1 Å². The second kappa shape index (κ2) is 9.59. The number of aromatic nitrogens is 3. The molecule has 2 heterocycles. The SMILES string of the molecule is CCOC(=O)N1CCN(C(=O)CSc2nnc(C)n2Cc2ccccc2)CC1. The monoisotopic (exact) mass is 403 g/mol. The van der Waals surface area contributed by atoms with Crippen molar-refractivity contribution in [3.8, 4) is 0 Å². The number of aryl methyl sites for hydroxylation is 1. The predicted octanol–water partition coefficient (Wildman–Crippen LogP) is 2.03. The molecule has 0 atom stereocenters. The summed E-state index contributed by atoms with van der Waals surface area (Å²) in [5.74, 6) is 1.16. The topological polar surface area (TPSA) is 80.6 Å². The largest absolute Gasteiger partial charge is 0.450 e. The minimum absolute atomic E-state index is 0.0421. The zero-order chi connectivity index (χ0) is 19.9. The van der Waals surface area contributed by atoms with Crippen LogP contribution in [0.15, 0.2) is 35.5 Å². The van der Waals surface area contributed by atoms with E-state index in [0.717, 1.165) is 16.5 Å². The van der Waals surface area contributed by atoms with Crippen molar-refractivity contribution in [1.82, 2.24) is 24.6 Å². The number of carbonyl (C=O) groups is 2. The summed E-state index contributed by atoms with van der Waals surface area (Å²) in [7, 11) is 0. The third-order valence-corrected chi connectivity index (χ3v) is 5.52. The Morgan fingerprint density at radius 1 is 1.07 bits per heavy atom. The fourth-order valence-electron chi connectivity index (χ4n) is 2.99. The highest BCUT2D eigenvalue weighted by Gasteiger charge is 2.25. The summed E-state index contributed by atoms with van der Waals surface area (Å²) in [6.45, 7) is 6.77. The molecule has 1 saturated heterocycles. The van der Waals surface area contributed by atoms with Crippen LogP contribution < -0.4 is 0 Å². The molecule has 1 aromatic heterocycles. The van der Waals surface area contributed by atoms with Gasteiger partial charge in [-0.2, -0.15) is 0 Å². The summed E-state index contributed by atoms with van der Waals surface area (Å²) in [6, 6.07) is 10.1. The predicted molar refractivity (Wildman–Crippen MR) is 106 cm³/mol. The van der Waals surface area contributed by atoms with Gasteiger partial charge in [0.1, 0.15) is 5.82 Å². The fourth-order valence-corrected chi connectivity index (χ4v) is 3.87. The van der Waals surface area contributed by atoms with Crippen LogP contribution in [0.1, 0.15) is 18.3 Å². The van der Waals surface area contributed by atoms with Gasteiger partial charge in [0.25, 0.3) is 0 Å². The number of amides is 2. The molecule has 8 nitrogen and oxygen atoms in total. The standard InChI is InChI=1S/C19H25N5O3S/c1-3-27-19(26)23-11-9-22(10-12-23)17(25)14-28-18-21-20-15(2)24(18)13-16-7-5-4-6-8-16/h4-8H,3,9-14H2,1-2H3. The van der Waals surface area contributed by atoms with Crippen LogP contribution in [-0.4, -0.2) is 75.1 Å². The quantitative estimate of drug-likeness (QED) is 0.687. The number of hydrogen-bond acceptors (Lipinski definition) is 6. The molecule has 2 amide bonds. The van der Waals surface area contributed by atoms with E-state index < -0.39 is 0 Å². The number of benzene rings is 1. The van der Waals surface area contributed by atoms with E-state index in [1.54, 1.807) is 16.7 Å². The van der Waals surface area contributed by atoms with Gasteiger partial charge in [0.15, 0.2) is 5.16 Å². The van der Waals surface area contributed by atoms with Gasteiger partial charge in [-0.25, -0.2) is 4.79 Å². The van der Waals surface area contributed by atoms with E-state index in [-0.39, 0.29) is 12.0 Å². The number of nitrogens with zero attached hydrogens (tertiary/aromatic N) is 5. The Balaban J connectivity index is 1.52. The van der Waals surface area contributed by atoms with Crippen molar-refractivity contribution in [1.29, 1.82) is 0 Å². The Bertz CT molecular complexity index is 803. The summed E-state index contributed by atoms with van der Waals surface area (Å²) < 4.78 is 7.03. The van der Waals surface area contributed by atoms with E-state index in [9.17, 15) is 9.59 Å². The van der Waals surface area contributed by atoms with Crippen molar-refractivity contribution >= 4 is 23.8 Å². The van der Waals surface area contributed by atoms with Crippen LogP contribution in [0.5, 0.6) is 0 Å². The highest BCUT2D eigenvalue weighted by Crippen LogP contribution is 2.19. The van der Waals surface area contributed by atoms with Crippen molar-refractivity contribution in [3.05, 3.63) is 41.7 Å². The summed E-state index contributed by atoms with van der Waals surface area (Å²) in [4.78, 5) is 27.7. The van der Waals surface area contributed by atoms with E-state index in [4.69, 9.17) is 4.74 Å². The second-order valence-corrected chi connectivity index (χ2v) is 7.40. The molecule has 0 spiro atoms. The Kier molecular flexibility index (Phi) is 6.91. The lowest BCUT2D eigenvalue weighted by molar-refractivity contribution is -0.129. The summed E-state index contributed by atoms with van der Waals surface area (Å²) >= 11 is 1.40. The number of ether oxygens (including phenoxy) is 1. The molecule has 2 aromatic rings. The molecule has 1 aliphatic rings. The van der Waals surface area contributed by atoms with E-state index >= 15 is 0 Å². The summed E-state index contributed by atoms with van der Waals surface area (Å²) in [5.41, 5.74) is 1.16. The summed E-state index contributed by atoms with van der Waals surface area (Å²) in [5, 5.41) is 9.12. The van der Waals surface area contributed by atoms with E-state index in [0.29, 0.717) is 45.1 Å². The highest BCUT2D eigenvalue weighted by atomic mass is 32.2. The zero-order valence-electron chi connectivity index (χ0n) is 16.2. The van der Waals surface area contributed by atoms with Crippen LogP contribution in [0.25, 0.3) is 0 Å². The maximum atomic E-state index is 12.6. The maximum Gasteiger partial charge on any atom is 0.409 e. The van der Waals surface area contributed by atoms with Gasteiger partial charge in [-0.3, -0.25) is 4.79 Å². The number of thioether (sulfide) groups is 1. The van der Waals surface area contributed by atoms with Gasteiger partial charge in [-0.05, 0) is 19.4 Å². The van der Waals surface area contributed by atoms with E-state index in [2.05, 4.69) is 22.3 Å². The van der Waals surface area contributed by atoms with E-state index in [1.807, 2.05) is 29.7 Å². The molecule has 0 aliphatic carbocycles. The molecule has 1 aromatic carbocycles. The van der Waals surface area contributed by atoms with Crippen LogP contribution in [0.3, 0.4) is 0 Å². The molecule has 0 N–H and O–H groups in total. The number of piperazine rings is 1. The first-order valence-corrected chi connectivity index (χ1v) is 10.3. The van der Waals surface area contributed by atoms with Crippen molar-refractivity contribution in [3.63, 3.8) is 0 Å². The molecule has 28 heavy (non-hydrogen) atoms. The third kappa shape index (κ3) is 5.03. The van der Waals surface area contributed by atoms with Gasteiger partial charge in [0.05, 0.1) is 18.9 Å². The van der Waals surface area contributed by atoms with Gasteiger partial charge in [0.2, 0.25) is 5.91 Å². The van der Waals surface area contributed by atoms with Gasteiger partial charge in [-0.1, -0.05) is 42.1 Å². The van der Waals surface area contributed by atoms with Gasteiger partial charge in [0, 0.05) is 26.2 Å². The lowest BCUT2D eigenvalue weighted by Gasteiger charge is -2.34. The first kappa shape index (κ1) is 20.2. The van der Waals surface area contributed by atoms with Crippen LogP contribution >= 0.6 is 11.8 Å². The molecule has 1 fully saturated rings. The fraction of sp³-hybridized carbons (Fsp3) is 0.474. The molecule has 150 valence electrons. The Hall–Kier alpha value is -2.55. The molecule has 0 bridgehead atoms. The molecule has 0 radical (unpaired) electrons. The Labute approximate surface area is 168 Å². The maximum absolute atomic E-state index is 12.6. The van der Waals surface area contributed by atoms with Crippen LogP contribution in [0, 0.1) is 6.92 Å². The number of rotatable bonds is 6. The number of hydrogen-bond donors (Lipinski definition) is 0. The average Bonchev–Trinajstić information content (AvgIpc) is 3.07. The average molecular weight is 404 g/mol. The minimum atomic E-state index is -0.312. The first-order chi connectivity index (χ1) is 13.6. The van der Waals surface area contributed by atoms with Gasteiger partial charge in [-0.15, -0.1) is 10.2 Å². The molecular formula is C19H25N5O3S. The van der Waals surface area contributed by atoms with Crippen LogP contribution in [0.2, 0.25) is 0 Å². The van der Waals surface area contributed by atoms with Gasteiger partial charge >= 0.3 is 6.09 Å². The second-order valence-electron chi connectivity index (χ2n) is 6.46.